The number of allylic oxidation sites excluding steroid dienone is 1. The van der Waals surface area contributed by atoms with E-state index in [1.165, 1.54) is 89.4 Å². The molecule has 0 bridgehead atoms. The van der Waals surface area contributed by atoms with Gasteiger partial charge in [-0.2, -0.15) is 0 Å². The highest BCUT2D eigenvalue weighted by Crippen LogP contribution is 2.40. The fourth-order valence-electron chi connectivity index (χ4n) is 4.87. The van der Waals surface area contributed by atoms with Gasteiger partial charge in [-0.25, -0.2) is 0 Å². The summed E-state index contributed by atoms with van der Waals surface area (Å²) in [5.74, 6) is 0. The van der Waals surface area contributed by atoms with Crippen molar-refractivity contribution in [1.29, 1.82) is 0 Å². The standard InChI is InChI=1S/C19H34N2/c1-17(2)9-14-21-16-18(10-5-3-6-11-18)20-15-19(21)12-7-4-8-13-19/h9,20H,3-8,10-16H2,1-2H3. The fourth-order valence-corrected chi connectivity index (χ4v) is 4.87. The van der Waals surface area contributed by atoms with Crippen molar-refractivity contribution in [2.75, 3.05) is 19.6 Å². The second-order valence-electron chi connectivity index (χ2n) is 8.14. The molecular weight excluding hydrogens is 256 g/mol. The van der Waals surface area contributed by atoms with Gasteiger partial charge in [0.2, 0.25) is 0 Å². The van der Waals surface area contributed by atoms with Gasteiger partial charge in [0.05, 0.1) is 0 Å². The van der Waals surface area contributed by atoms with Gasteiger partial charge in [-0.3, -0.25) is 4.90 Å². The molecule has 2 heteroatoms. The van der Waals surface area contributed by atoms with Crippen molar-refractivity contribution in [3.05, 3.63) is 11.6 Å². The molecule has 0 radical (unpaired) electrons. The Morgan fingerprint density at radius 3 is 2.19 bits per heavy atom. The zero-order chi connectivity index (χ0) is 14.8. The summed E-state index contributed by atoms with van der Waals surface area (Å²) in [6.07, 6.45) is 16.7. The maximum Gasteiger partial charge on any atom is 0.0338 e. The molecule has 0 unspecified atom stereocenters. The second kappa shape index (κ2) is 6.42. The first-order chi connectivity index (χ1) is 10.1. The van der Waals surface area contributed by atoms with Crippen LogP contribution in [0.2, 0.25) is 0 Å². The van der Waals surface area contributed by atoms with Crippen LogP contribution in [0.3, 0.4) is 0 Å². The van der Waals surface area contributed by atoms with Gasteiger partial charge in [-0.1, -0.05) is 50.2 Å². The maximum absolute atomic E-state index is 4.05. The summed E-state index contributed by atoms with van der Waals surface area (Å²) in [6, 6.07) is 0. The van der Waals surface area contributed by atoms with E-state index in [1.54, 1.807) is 0 Å². The lowest BCUT2D eigenvalue weighted by Gasteiger charge is -2.57. The number of piperazine rings is 1. The van der Waals surface area contributed by atoms with Crippen LogP contribution >= 0.6 is 0 Å². The number of hydrogen-bond acceptors (Lipinski definition) is 2. The Kier molecular flexibility index (Phi) is 4.75. The summed E-state index contributed by atoms with van der Waals surface area (Å²) in [5, 5.41) is 4.05. The summed E-state index contributed by atoms with van der Waals surface area (Å²) in [4.78, 5) is 2.88. The minimum Gasteiger partial charge on any atom is -0.308 e. The van der Waals surface area contributed by atoms with E-state index in [0.717, 1.165) is 0 Å². The first kappa shape index (κ1) is 15.6. The minimum absolute atomic E-state index is 0.441. The smallest absolute Gasteiger partial charge is 0.0338 e. The molecule has 2 nitrogen and oxygen atoms in total. The normalized spacial score (nSPS) is 28.7. The van der Waals surface area contributed by atoms with Crippen LogP contribution in [0.25, 0.3) is 0 Å². The molecule has 120 valence electrons. The van der Waals surface area contributed by atoms with Crippen LogP contribution in [0.5, 0.6) is 0 Å². The lowest BCUT2D eigenvalue weighted by molar-refractivity contribution is -0.0222. The van der Waals surface area contributed by atoms with Crippen molar-refractivity contribution in [3.63, 3.8) is 0 Å². The third-order valence-electron chi connectivity index (χ3n) is 6.27. The zero-order valence-electron chi connectivity index (χ0n) is 14.2. The van der Waals surface area contributed by atoms with Gasteiger partial charge in [-0.15, -0.1) is 0 Å². The van der Waals surface area contributed by atoms with Gasteiger partial charge in [-0.05, 0) is 39.5 Å². The molecule has 2 spiro atoms. The Morgan fingerprint density at radius 1 is 0.952 bits per heavy atom. The Hall–Kier alpha value is -0.340. The van der Waals surface area contributed by atoms with E-state index in [1.807, 2.05) is 0 Å². The van der Waals surface area contributed by atoms with E-state index in [0.29, 0.717) is 11.1 Å². The summed E-state index contributed by atoms with van der Waals surface area (Å²) in [7, 11) is 0. The predicted molar refractivity (Wildman–Crippen MR) is 90.6 cm³/mol. The van der Waals surface area contributed by atoms with E-state index in [4.69, 9.17) is 0 Å². The highest BCUT2D eigenvalue weighted by atomic mass is 15.3. The molecule has 2 aliphatic carbocycles. The monoisotopic (exact) mass is 290 g/mol. The van der Waals surface area contributed by atoms with E-state index in [-0.39, 0.29) is 0 Å². The van der Waals surface area contributed by atoms with Gasteiger partial charge < -0.3 is 5.32 Å². The van der Waals surface area contributed by atoms with E-state index >= 15 is 0 Å². The summed E-state index contributed by atoms with van der Waals surface area (Å²) < 4.78 is 0. The number of rotatable bonds is 2. The van der Waals surface area contributed by atoms with E-state index in [9.17, 15) is 0 Å². The third-order valence-corrected chi connectivity index (χ3v) is 6.27. The summed E-state index contributed by atoms with van der Waals surface area (Å²) in [5.41, 5.74) is 2.38. The third kappa shape index (κ3) is 3.37. The molecule has 0 atom stereocenters. The lowest BCUT2D eigenvalue weighted by Crippen LogP contribution is -2.70. The van der Waals surface area contributed by atoms with Gasteiger partial charge in [0.15, 0.2) is 0 Å². The molecule has 3 rings (SSSR count). The van der Waals surface area contributed by atoms with Crippen molar-refractivity contribution in [3.8, 4) is 0 Å². The van der Waals surface area contributed by atoms with E-state index in [2.05, 4.69) is 30.1 Å². The minimum atomic E-state index is 0.441. The molecule has 21 heavy (non-hydrogen) atoms. The molecular formula is C19H34N2. The van der Waals surface area contributed by atoms with Crippen LogP contribution < -0.4 is 5.32 Å². The predicted octanol–water partition coefficient (Wildman–Crippen LogP) is 4.26. The number of nitrogens with zero attached hydrogens (tertiary/aromatic N) is 1. The quantitative estimate of drug-likeness (QED) is 0.764. The molecule has 1 N–H and O–H groups in total. The maximum atomic E-state index is 4.05. The zero-order valence-corrected chi connectivity index (χ0v) is 14.2. The topological polar surface area (TPSA) is 15.3 Å². The molecule has 2 saturated carbocycles. The van der Waals surface area contributed by atoms with Crippen LogP contribution in [0.4, 0.5) is 0 Å². The molecule has 1 aliphatic heterocycles. The van der Waals surface area contributed by atoms with Crippen LogP contribution in [0.1, 0.15) is 78.1 Å². The molecule has 1 saturated heterocycles. The average Bonchev–Trinajstić information content (AvgIpc) is 2.51. The summed E-state index contributed by atoms with van der Waals surface area (Å²) in [6.45, 7) is 8.18. The Morgan fingerprint density at radius 2 is 1.57 bits per heavy atom. The second-order valence-corrected chi connectivity index (χ2v) is 8.14. The first-order valence-electron chi connectivity index (χ1n) is 9.28. The SMILES string of the molecule is CC(C)=CCN1CC2(CCCCC2)NCC12CCCCC2. The van der Waals surface area contributed by atoms with Gasteiger partial charge >= 0.3 is 0 Å². The largest absolute Gasteiger partial charge is 0.308 e. The van der Waals surface area contributed by atoms with Crippen LogP contribution in [-0.4, -0.2) is 35.6 Å². The Labute approximate surface area is 131 Å². The van der Waals surface area contributed by atoms with Crippen molar-refractivity contribution in [1.82, 2.24) is 10.2 Å². The highest BCUT2D eigenvalue weighted by molar-refractivity contribution is 5.09. The molecule has 3 fully saturated rings. The molecule has 0 aromatic rings. The highest BCUT2D eigenvalue weighted by Gasteiger charge is 2.47. The van der Waals surface area contributed by atoms with Crippen molar-refractivity contribution >= 4 is 0 Å². The van der Waals surface area contributed by atoms with Gasteiger partial charge in [0, 0.05) is 30.7 Å². The molecule has 1 heterocycles. The molecule has 0 amide bonds. The van der Waals surface area contributed by atoms with Crippen LogP contribution in [0, 0.1) is 0 Å². The van der Waals surface area contributed by atoms with Crippen molar-refractivity contribution < 1.29 is 0 Å². The lowest BCUT2D eigenvalue weighted by atomic mass is 9.73. The Balaban J connectivity index is 1.77. The summed E-state index contributed by atoms with van der Waals surface area (Å²) >= 11 is 0. The van der Waals surface area contributed by atoms with Crippen LogP contribution in [-0.2, 0) is 0 Å². The Bertz CT molecular complexity index is 369. The molecule has 3 aliphatic rings. The molecule has 0 aromatic heterocycles. The number of nitrogens with one attached hydrogen (secondary N) is 1. The van der Waals surface area contributed by atoms with Gasteiger partial charge in [0.25, 0.3) is 0 Å². The van der Waals surface area contributed by atoms with Gasteiger partial charge in [0.1, 0.15) is 0 Å². The number of hydrogen-bond donors (Lipinski definition) is 1. The van der Waals surface area contributed by atoms with E-state index < -0.39 is 0 Å². The molecule has 0 aromatic carbocycles. The van der Waals surface area contributed by atoms with Crippen LogP contribution in [0.15, 0.2) is 11.6 Å². The van der Waals surface area contributed by atoms with Crippen molar-refractivity contribution in [2.24, 2.45) is 0 Å². The fraction of sp³-hybridized carbons (Fsp3) is 0.895. The first-order valence-corrected chi connectivity index (χ1v) is 9.28. The van der Waals surface area contributed by atoms with Crippen molar-refractivity contribution in [2.45, 2.75) is 89.1 Å². The average molecular weight is 290 g/mol.